The van der Waals surface area contributed by atoms with E-state index >= 15 is 0 Å². The lowest BCUT2D eigenvalue weighted by Crippen LogP contribution is -2.60. The van der Waals surface area contributed by atoms with E-state index in [0.717, 1.165) is 5.56 Å². The van der Waals surface area contributed by atoms with Crippen molar-refractivity contribution in [1.29, 1.82) is 0 Å². The molecule has 0 bridgehead atoms. The zero-order valence-corrected chi connectivity index (χ0v) is 15.9. The van der Waals surface area contributed by atoms with E-state index in [4.69, 9.17) is 28.6 Å². The predicted molar refractivity (Wildman–Crippen MR) is 101 cm³/mol. The van der Waals surface area contributed by atoms with E-state index in [1.54, 1.807) is 36.1 Å². The van der Waals surface area contributed by atoms with Gasteiger partial charge in [0.1, 0.15) is 6.04 Å². The summed E-state index contributed by atoms with van der Waals surface area (Å²) in [5, 5.41) is 6.02. The average Bonchev–Trinajstić information content (AvgIpc) is 2.59. The Bertz CT molecular complexity index is 696. The van der Waals surface area contributed by atoms with Crippen LogP contribution in [0.5, 0.6) is 0 Å². The van der Waals surface area contributed by atoms with Crippen molar-refractivity contribution in [2.45, 2.75) is 25.8 Å². The van der Waals surface area contributed by atoms with Crippen molar-refractivity contribution in [3.05, 3.63) is 34.9 Å². The first-order valence-corrected chi connectivity index (χ1v) is 8.97. The summed E-state index contributed by atoms with van der Waals surface area (Å²) in [7, 11) is 0. The smallest absolute Gasteiger partial charge is 0.308 e. The molecule has 1 unspecified atom stereocenters. The summed E-state index contributed by atoms with van der Waals surface area (Å²) < 4.78 is 4.90. The normalized spacial score (nSPS) is 16.6. The summed E-state index contributed by atoms with van der Waals surface area (Å²) in [6.07, 6.45) is -0.00719. The minimum absolute atomic E-state index is 0.119. The second-order valence-corrected chi connectivity index (χ2v) is 6.49. The number of carbonyl (C=O) groups is 3. The molecule has 140 valence electrons. The summed E-state index contributed by atoms with van der Waals surface area (Å²) in [5.74, 6) is -1.12. The number of hydrogen-bond acceptors (Lipinski definition) is 5. The minimum Gasteiger partial charge on any atom is -0.466 e. The Balaban J connectivity index is 1.98. The summed E-state index contributed by atoms with van der Waals surface area (Å²) >= 11 is 11.1. The van der Waals surface area contributed by atoms with Gasteiger partial charge in [-0.3, -0.25) is 14.4 Å². The summed E-state index contributed by atoms with van der Waals surface area (Å²) in [6.45, 7) is 2.70. The third-order valence-corrected chi connectivity index (χ3v) is 4.37. The second kappa shape index (κ2) is 9.49. The van der Waals surface area contributed by atoms with E-state index in [1.165, 1.54) is 0 Å². The number of piperazine rings is 1. The number of amides is 2. The molecule has 0 aliphatic carbocycles. The molecule has 7 nitrogen and oxygen atoms in total. The molecule has 9 heteroatoms. The maximum absolute atomic E-state index is 12.2. The highest BCUT2D eigenvalue weighted by Crippen LogP contribution is 2.12. The van der Waals surface area contributed by atoms with Gasteiger partial charge in [-0.25, -0.2) is 0 Å². The predicted octanol–water partition coefficient (Wildman–Crippen LogP) is 1.04. The van der Waals surface area contributed by atoms with Crippen LogP contribution in [0, 0.1) is 0 Å². The third-order valence-electron chi connectivity index (χ3n) is 3.78. The molecular weight excluding hydrogens is 378 g/mol. The Labute approximate surface area is 162 Å². The van der Waals surface area contributed by atoms with Crippen LogP contribution in [-0.4, -0.2) is 53.5 Å². The molecule has 1 heterocycles. The fraction of sp³-hybridized carbons (Fsp3) is 0.412. The molecule has 1 aromatic carbocycles. The van der Waals surface area contributed by atoms with Gasteiger partial charge in [0.25, 0.3) is 0 Å². The van der Waals surface area contributed by atoms with Crippen LogP contribution < -0.4 is 10.6 Å². The Kier molecular flexibility index (Phi) is 7.35. The molecule has 26 heavy (non-hydrogen) atoms. The Morgan fingerprint density at radius 1 is 1.38 bits per heavy atom. The number of halogens is 1. The van der Waals surface area contributed by atoms with Gasteiger partial charge in [-0.1, -0.05) is 23.7 Å². The van der Waals surface area contributed by atoms with E-state index in [9.17, 15) is 14.4 Å². The molecule has 1 aliphatic heterocycles. The van der Waals surface area contributed by atoms with E-state index in [-0.39, 0.29) is 36.4 Å². The molecule has 0 aromatic heterocycles. The standard InChI is InChI=1S/C17H20ClN3O4S/c1-2-25-15(23)10-13-16(24)19-7-8-21(13)17(26)20-14(22)9-11-3-5-12(18)6-4-11/h3-6,13H,2,7-10H2,1H3,(H,19,24)(H,20,22,26). The van der Waals surface area contributed by atoms with Gasteiger partial charge in [-0.05, 0) is 36.8 Å². The average molecular weight is 398 g/mol. The second-order valence-electron chi connectivity index (χ2n) is 5.67. The number of rotatable bonds is 5. The highest BCUT2D eigenvalue weighted by atomic mass is 35.5. The van der Waals surface area contributed by atoms with Crippen LogP contribution in [0.2, 0.25) is 5.02 Å². The first kappa shape index (κ1) is 20.1. The van der Waals surface area contributed by atoms with Crippen molar-refractivity contribution < 1.29 is 19.1 Å². The Hall–Kier alpha value is -2.19. The van der Waals surface area contributed by atoms with Gasteiger partial charge in [-0.15, -0.1) is 0 Å². The van der Waals surface area contributed by atoms with Crippen LogP contribution >= 0.6 is 23.8 Å². The van der Waals surface area contributed by atoms with Gasteiger partial charge in [0.15, 0.2) is 5.11 Å². The van der Waals surface area contributed by atoms with E-state index in [0.29, 0.717) is 18.1 Å². The first-order chi connectivity index (χ1) is 12.4. The number of hydrogen-bond donors (Lipinski definition) is 2. The number of esters is 1. The Morgan fingerprint density at radius 3 is 2.73 bits per heavy atom. The summed E-state index contributed by atoms with van der Waals surface area (Å²) in [5.41, 5.74) is 0.786. The molecule has 1 fully saturated rings. The lowest BCUT2D eigenvalue weighted by molar-refractivity contribution is -0.147. The van der Waals surface area contributed by atoms with Crippen molar-refractivity contribution in [1.82, 2.24) is 15.5 Å². The number of nitrogens with one attached hydrogen (secondary N) is 2. The van der Waals surface area contributed by atoms with Gasteiger partial charge >= 0.3 is 5.97 Å². The number of carbonyl (C=O) groups excluding carboxylic acids is 3. The van der Waals surface area contributed by atoms with Crippen molar-refractivity contribution in [2.75, 3.05) is 19.7 Å². The molecule has 1 aromatic rings. The molecule has 2 N–H and O–H groups in total. The van der Waals surface area contributed by atoms with Crippen LogP contribution in [0.4, 0.5) is 0 Å². The van der Waals surface area contributed by atoms with Gasteiger partial charge in [0.2, 0.25) is 11.8 Å². The number of nitrogens with zero attached hydrogens (tertiary/aromatic N) is 1. The molecule has 0 radical (unpaired) electrons. The van der Waals surface area contributed by atoms with E-state index < -0.39 is 12.0 Å². The molecule has 1 atom stereocenters. The van der Waals surface area contributed by atoms with Crippen molar-refractivity contribution in [3.63, 3.8) is 0 Å². The van der Waals surface area contributed by atoms with Crippen LogP contribution in [0.25, 0.3) is 0 Å². The molecule has 1 saturated heterocycles. The zero-order valence-electron chi connectivity index (χ0n) is 14.3. The van der Waals surface area contributed by atoms with Gasteiger partial charge < -0.3 is 20.3 Å². The fourth-order valence-corrected chi connectivity index (χ4v) is 3.02. The summed E-state index contributed by atoms with van der Waals surface area (Å²) in [4.78, 5) is 37.6. The van der Waals surface area contributed by atoms with Gasteiger partial charge in [0.05, 0.1) is 19.4 Å². The number of thiocarbonyl (C=S) groups is 1. The lowest BCUT2D eigenvalue weighted by Gasteiger charge is -2.36. The van der Waals surface area contributed by atoms with E-state index in [2.05, 4.69) is 10.6 Å². The summed E-state index contributed by atoms with van der Waals surface area (Å²) in [6, 6.07) is 6.11. The third kappa shape index (κ3) is 5.67. The van der Waals surface area contributed by atoms with Crippen molar-refractivity contribution in [3.8, 4) is 0 Å². The van der Waals surface area contributed by atoms with Crippen LogP contribution in [0.15, 0.2) is 24.3 Å². The van der Waals surface area contributed by atoms with Gasteiger partial charge in [0, 0.05) is 18.1 Å². The lowest BCUT2D eigenvalue weighted by atomic mass is 10.1. The topological polar surface area (TPSA) is 87.7 Å². The maximum atomic E-state index is 12.2. The number of ether oxygens (including phenoxy) is 1. The highest BCUT2D eigenvalue weighted by molar-refractivity contribution is 7.80. The zero-order chi connectivity index (χ0) is 19.1. The Morgan fingerprint density at radius 2 is 2.08 bits per heavy atom. The van der Waals surface area contributed by atoms with Gasteiger partial charge in [-0.2, -0.15) is 0 Å². The van der Waals surface area contributed by atoms with Crippen LogP contribution in [0.1, 0.15) is 18.9 Å². The molecule has 2 amide bonds. The highest BCUT2D eigenvalue weighted by Gasteiger charge is 2.34. The quantitative estimate of drug-likeness (QED) is 0.570. The van der Waals surface area contributed by atoms with Crippen molar-refractivity contribution in [2.24, 2.45) is 0 Å². The molecule has 0 spiro atoms. The fourth-order valence-electron chi connectivity index (χ4n) is 2.56. The molecule has 2 rings (SSSR count). The van der Waals surface area contributed by atoms with E-state index in [1.807, 2.05) is 0 Å². The first-order valence-electron chi connectivity index (χ1n) is 8.19. The largest absolute Gasteiger partial charge is 0.466 e. The van der Waals surface area contributed by atoms with Crippen LogP contribution in [0.3, 0.4) is 0 Å². The van der Waals surface area contributed by atoms with Crippen molar-refractivity contribution >= 4 is 46.7 Å². The molecule has 0 saturated carbocycles. The number of benzene rings is 1. The van der Waals surface area contributed by atoms with Crippen LogP contribution in [-0.2, 0) is 25.5 Å². The SMILES string of the molecule is CCOC(=O)CC1C(=O)NCCN1C(=S)NC(=O)Cc1ccc(Cl)cc1. The minimum atomic E-state index is -0.800. The molecule has 1 aliphatic rings. The monoisotopic (exact) mass is 397 g/mol. The molecular formula is C17H20ClN3O4S. The maximum Gasteiger partial charge on any atom is 0.308 e.